The molecule has 0 saturated heterocycles. The monoisotopic (exact) mass is 1690 g/mol. The Bertz CT molecular complexity index is 6420. The molecule has 0 atom stereocenters. The molecule has 0 spiro atoms. The van der Waals surface area contributed by atoms with Gasteiger partial charge in [0.1, 0.15) is 0 Å². The second kappa shape index (κ2) is 30.9. The lowest BCUT2D eigenvalue weighted by atomic mass is 9.33. The maximum atomic E-state index is 2.87. The molecule has 3 nitrogen and oxygen atoms in total. The van der Waals surface area contributed by atoms with Gasteiger partial charge in [-0.2, -0.15) is 0 Å². The van der Waals surface area contributed by atoms with Crippen molar-refractivity contribution in [2.24, 2.45) is 0 Å². The fourth-order valence-electron chi connectivity index (χ4n) is 19.6. The molecule has 0 radical (unpaired) electrons. The maximum Gasteiger partial charge on any atom is 0.252 e. The Hall–Kier alpha value is -9.90. The van der Waals surface area contributed by atoms with E-state index in [2.05, 4.69) is 497 Å². The highest BCUT2D eigenvalue weighted by Gasteiger charge is 2.48. The van der Waals surface area contributed by atoms with E-state index in [1.807, 2.05) is 0 Å². The number of nitrogens with zero attached hydrogens (tertiary/aromatic N) is 3. The number of hydrogen-bond donors (Lipinski definition) is 0. The molecule has 0 saturated carbocycles. The van der Waals surface area contributed by atoms with Gasteiger partial charge in [-0.25, -0.2) is 0 Å². The van der Waals surface area contributed by atoms with Crippen LogP contribution < -0.4 is 26.2 Å². The quantitative estimate of drug-likeness (QED) is 0.141. The molecule has 15 rings (SSSR count). The third-order valence-electron chi connectivity index (χ3n) is 28.1. The van der Waals surface area contributed by atoms with E-state index >= 15 is 0 Å². The summed E-state index contributed by atoms with van der Waals surface area (Å²) in [6.45, 7) is 93.3. The first-order valence-electron chi connectivity index (χ1n) is 47.9. The summed E-state index contributed by atoms with van der Waals surface area (Å²) >= 11 is 0. The Kier molecular flexibility index (Phi) is 22.4. The van der Waals surface area contributed by atoms with Crippen LogP contribution >= 0.6 is 0 Å². The molecule has 0 unspecified atom stereocenters. The van der Waals surface area contributed by atoms with Crippen LogP contribution in [0.4, 0.5) is 34.1 Å². The minimum Gasteiger partial charge on any atom is -0.310 e. The molecule has 0 aliphatic carbocycles. The minimum atomic E-state index is -0.394. The number of aromatic nitrogens is 1. The number of benzene rings is 12. The van der Waals surface area contributed by atoms with Crippen LogP contribution in [0, 0.1) is 0 Å². The lowest BCUT2D eigenvalue weighted by Gasteiger charge is -2.47. The summed E-state index contributed by atoms with van der Waals surface area (Å²) in [4.78, 5) is 5.73. The van der Waals surface area contributed by atoms with Crippen molar-refractivity contribution in [1.82, 2.24) is 4.57 Å². The topological polar surface area (TPSA) is 11.4 Å². The first-order valence-corrected chi connectivity index (χ1v) is 47.9. The zero-order chi connectivity index (χ0) is 93.9. The van der Waals surface area contributed by atoms with Crippen molar-refractivity contribution in [3.05, 3.63) is 285 Å². The Morgan fingerprint density at radius 2 is 0.516 bits per heavy atom. The second-order valence-electron chi connectivity index (χ2n) is 51.9. The van der Waals surface area contributed by atoms with Crippen LogP contribution in [-0.4, -0.2) is 11.3 Å². The molecular formula is C124H152BN3. The van der Waals surface area contributed by atoms with Gasteiger partial charge in [-0.05, 0) is 271 Å². The molecule has 2 aliphatic rings. The van der Waals surface area contributed by atoms with E-state index in [1.54, 1.807) is 0 Å². The van der Waals surface area contributed by atoms with E-state index in [4.69, 9.17) is 0 Å². The third-order valence-corrected chi connectivity index (χ3v) is 28.1. The van der Waals surface area contributed by atoms with Gasteiger partial charge in [-0.15, -0.1) is 0 Å². The van der Waals surface area contributed by atoms with Gasteiger partial charge >= 0.3 is 0 Å². The Balaban J connectivity index is 1.23. The fourth-order valence-corrected chi connectivity index (χ4v) is 19.6. The maximum absolute atomic E-state index is 2.87. The standard InChI is InChI=1S/C124H152BN3/c1-112(2,3)79-47-44-75(45-48-79)92-68-87(120(25,26)27)71-98(94-65-80(113(4,5)6)49-53-100(94)124(37,38)39)110(92)127-105-62-76(77-58-83(116(13,14)15)63-84(59-77)117(16,17)18)46-54-101(105)125-102-55-52-90(126-103-56-50-81(114(7,8)9)66-95(103)96-67-82(115(10,11)12)51-57-104(96)126)74-106(102)128(108-73-89(122(31,32)33)72-107(127)109(108)125)111-93(78-60-85(118(19,20)21)64-86(61-78)119(22,23)24)69-88(121(28,29)30)70-97(111)91-42-40-41-43-99(91)123(34,35)36/h40-74H,1-39H3. The van der Waals surface area contributed by atoms with Crippen molar-refractivity contribution >= 4 is 79.0 Å². The zero-order valence-electron chi connectivity index (χ0n) is 86.1. The molecule has 0 bridgehead atoms. The number of rotatable bonds is 8. The van der Waals surface area contributed by atoms with E-state index in [0.29, 0.717) is 0 Å². The van der Waals surface area contributed by atoms with Gasteiger partial charge in [-0.3, -0.25) is 0 Å². The highest BCUT2D eigenvalue weighted by Crippen LogP contribution is 2.59. The predicted molar refractivity (Wildman–Crippen MR) is 565 cm³/mol. The highest BCUT2D eigenvalue weighted by atomic mass is 15.2. The molecule has 13 aromatic rings. The van der Waals surface area contributed by atoms with E-state index in [-0.39, 0.29) is 71.7 Å². The molecule has 4 heteroatoms. The molecule has 666 valence electrons. The molecule has 0 N–H and O–H groups in total. The van der Waals surface area contributed by atoms with Gasteiger partial charge < -0.3 is 14.4 Å². The van der Waals surface area contributed by atoms with E-state index in [0.717, 1.165) is 11.4 Å². The summed E-state index contributed by atoms with van der Waals surface area (Å²) in [6.07, 6.45) is 0. The van der Waals surface area contributed by atoms with Crippen molar-refractivity contribution in [2.75, 3.05) is 9.80 Å². The van der Waals surface area contributed by atoms with Crippen molar-refractivity contribution in [2.45, 2.75) is 340 Å². The van der Waals surface area contributed by atoms with Crippen molar-refractivity contribution in [3.8, 4) is 61.3 Å². The highest BCUT2D eigenvalue weighted by molar-refractivity contribution is 7.00. The van der Waals surface area contributed by atoms with Crippen LogP contribution in [0.1, 0.15) is 342 Å². The summed E-state index contributed by atoms with van der Waals surface area (Å²) < 4.78 is 2.62. The summed E-state index contributed by atoms with van der Waals surface area (Å²) in [5.41, 5.74) is 41.0. The largest absolute Gasteiger partial charge is 0.310 e. The van der Waals surface area contributed by atoms with Gasteiger partial charge in [0.15, 0.2) is 0 Å². The molecule has 0 fully saturated rings. The average molecular weight is 1700 g/mol. The third kappa shape index (κ3) is 17.3. The smallest absolute Gasteiger partial charge is 0.252 e. The lowest BCUT2D eigenvalue weighted by molar-refractivity contribution is 0.568. The number of fused-ring (bicyclic) bond motifs is 7. The zero-order valence-corrected chi connectivity index (χ0v) is 86.1. The van der Waals surface area contributed by atoms with Gasteiger partial charge in [0, 0.05) is 61.5 Å². The average Bonchev–Trinajstić information content (AvgIpc) is 0.746. The van der Waals surface area contributed by atoms with Crippen molar-refractivity contribution < 1.29 is 0 Å². The molecule has 0 amide bonds. The molecule has 12 aromatic carbocycles. The SMILES string of the molecule is CC(C)(C)c1ccc(-c2cc(C(C)(C)C)cc(-c3cc(C(C)(C)C)ccc3C(C)(C)C)c2N2c3cc(-c4cc(C(C)(C)C)cc(C(C)(C)C)c4)ccc3B3c4ccc(-n5c6ccc(C(C)(C)C)cc6c6cc(C(C)(C)C)ccc65)cc4N(c4c(-c5cc(C(C)(C)C)cc(C(C)(C)C)c5)cc(C(C)(C)C)cc4-c4ccccc4C(C)(C)C)c4cc(C(C)(C)C)cc2c43)cc1. The van der Waals surface area contributed by atoms with Gasteiger partial charge in [0.05, 0.1) is 22.4 Å². The van der Waals surface area contributed by atoms with Crippen LogP contribution in [0.15, 0.2) is 212 Å². The molecule has 3 heterocycles. The van der Waals surface area contributed by atoms with Crippen molar-refractivity contribution in [3.63, 3.8) is 0 Å². The van der Waals surface area contributed by atoms with Crippen LogP contribution in [0.25, 0.3) is 83.1 Å². The summed E-state index contributed by atoms with van der Waals surface area (Å²) in [5.74, 6) is 0. The first-order chi connectivity index (χ1) is 58.7. The van der Waals surface area contributed by atoms with E-state index in [1.165, 1.54) is 195 Å². The lowest BCUT2D eigenvalue weighted by Crippen LogP contribution is -2.61. The fraction of sp³-hybridized carbons (Fsp3) is 0.419. The van der Waals surface area contributed by atoms with Crippen LogP contribution in [0.2, 0.25) is 0 Å². The van der Waals surface area contributed by atoms with Gasteiger partial charge in [0.25, 0.3) is 6.71 Å². The number of hydrogen-bond acceptors (Lipinski definition) is 2. The number of anilines is 6. The molecule has 2 aliphatic heterocycles. The molecule has 1 aromatic heterocycles. The Morgan fingerprint density at radius 1 is 0.195 bits per heavy atom. The van der Waals surface area contributed by atoms with Gasteiger partial charge in [0.2, 0.25) is 0 Å². The molecular weight excluding hydrogens is 1540 g/mol. The Labute approximate surface area is 774 Å². The van der Waals surface area contributed by atoms with E-state index in [9.17, 15) is 0 Å². The molecule has 128 heavy (non-hydrogen) atoms. The second-order valence-corrected chi connectivity index (χ2v) is 51.9. The Morgan fingerprint density at radius 3 is 0.938 bits per heavy atom. The normalized spacial score (nSPS) is 14.2. The summed E-state index contributed by atoms with van der Waals surface area (Å²) in [7, 11) is 0. The van der Waals surface area contributed by atoms with Crippen LogP contribution in [-0.2, 0) is 70.4 Å². The van der Waals surface area contributed by atoms with E-state index < -0.39 is 5.41 Å². The summed E-state index contributed by atoms with van der Waals surface area (Å²) in [6, 6.07) is 88.0. The van der Waals surface area contributed by atoms with Crippen LogP contribution in [0.3, 0.4) is 0 Å². The first kappa shape index (κ1) is 92.8. The summed E-state index contributed by atoms with van der Waals surface area (Å²) in [5, 5.41) is 2.54. The minimum absolute atomic E-state index is 0.0831. The van der Waals surface area contributed by atoms with Crippen molar-refractivity contribution in [1.29, 1.82) is 0 Å². The van der Waals surface area contributed by atoms with Gasteiger partial charge in [-0.1, -0.05) is 403 Å². The van der Waals surface area contributed by atoms with Crippen LogP contribution in [0.5, 0.6) is 0 Å². The predicted octanol–water partition coefficient (Wildman–Crippen LogP) is 34.1.